The minimum atomic E-state index is 0. The summed E-state index contributed by atoms with van der Waals surface area (Å²) in [5.74, 6) is 2.83. The fourth-order valence-corrected chi connectivity index (χ4v) is 0. The SMILES string of the molecule is C[C-](C)C.C[C-](C)C.[CH2-]CC[NH-].[Pt+4]. The van der Waals surface area contributed by atoms with Gasteiger partial charge >= 0.3 is 21.1 Å². The molecule has 0 amide bonds. The molecule has 0 aromatic heterocycles. The van der Waals surface area contributed by atoms with Crippen molar-refractivity contribution < 1.29 is 21.1 Å². The van der Waals surface area contributed by atoms with Gasteiger partial charge in [-0.2, -0.15) is 48.1 Å². The molecule has 2 heteroatoms. The van der Waals surface area contributed by atoms with Crippen molar-refractivity contribution in [2.24, 2.45) is 0 Å². The molecule has 1 nitrogen and oxygen atoms in total. The molecule has 1 N–H and O–H groups in total. The second-order valence-corrected chi connectivity index (χ2v) is 3.60. The first-order valence-electron chi connectivity index (χ1n) is 4.35. The average Bonchev–Trinajstić information content (AvgIpc) is 1.85. The summed E-state index contributed by atoms with van der Waals surface area (Å²) in [5.41, 5.74) is 6.39. The van der Waals surface area contributed by atoms with Crippen LogP contribution in [0.25, 0.3) is 5.73 Å². The Kier molecular flexibility index (Phi) is 41.4. The van der Waals surface area contributed by atoms with Crippen LogP contribution in [0.1, 0.15) is 48.0 Å². The summed E-state index contributed by atoms with van der Waals surface area (Å²) in [5, 5.41) is 0. The Morgan fingerprint density at radius 2 is 1.00 bits per heavy atom. The molecular weight excluding hydrogens is 341 g/mol. The predicted molar refractivity (Wildman–Crippen MR) is 59.7 cm³/mol. The average molecular weight is 366 g/mol. The smallest absolute Gasteiger partial charge is 0.679 e. The van der Waals surface area contributed by atoms with Crippen LogP contribution in [0.5, 0.6) is 0 Å². The summed E-state index contributed by atoms with van der Waals surface area (Å²) in [6.07, 6.45) is 0.736. The zero-order valence-corrected chi connectivity index (χ0v) is 12.2. The molecule has 0 heterocycles. The van der Waals surface area contributed by atoms with Crippen LogP contribution < -0.4 is 0 Å². The zero-order valence-electron chi connectivity index (χ0n) is 9.94. The van der Waals surface area contributed by atoms with Crippen LogP contribution in [0.4, 0.5) is 0 Å². The van der Waals surface area contributed by atoms with Gasteiger partial charge in [-0.3, -0.25) is 0 Å². The van der Waals surface area contributed by atoms with Gasteiger partial charge in [0.25, 0.3) is 0 Å². The molecular formula is C11H25NPt. The number of nitrogens with one attached hydrogen (secondary N) is 1. The topological polar surface area (TPSA) is 23.8 Å². The Morgan fingerprint density at radius 1 is 0.923 bits per heavy atom. The van der Waals surface area contributed by atoms with E-state index in [0.29, 0.717) is 6.54 Å². The van der Waals surface area contributed by atoms with Gasteiger partial charge in [0, 0.05) is 0 Å². The molecule has 0 saturated carbocycles. The van der Waals surface area contributed by atoms with E-state index in [0.717, 1.165) is 6.42 Å². The van der Waals surface area contributed by atoms with Crippen molar-refractivity contribution in [1.82, 2.24) is 0 Å². The molecule has 0 fully saturated rings. The summed E-state index contributed by atoms with van der Waals surface area (Å²) in [4.78, 5) is 0. The molecule has 0 radical (unpaired) electrons. The minimum Gasteiger partial charge on any atom is -0.679 e. The molecule has 0 aliphatic rings. The monoisotopic (exact) mass is 366 g/mol. The molecule has 0 bridgehead atoms. The van der Waals surface area contributed by atoms with E-state index in [2.05, 4.69) is 48.5 Å². The maximum absolute atomic E-state index is 6.39. The van der Waals surface area contributed by atoms with Gasteiger partial charge < -0.3 is 24.5 Å². The Hall–Kier alpha value is 0.648. The van der Waals surface area contributed by atoms with Gasteiger partial charge in [-0.1, -0.05) is 0 Å². The van der Waals surface area contributed by atoms with Crippen molar-refractivity contribution in [2.75, 3.05) is 6.54 Å². The normalized spacial score (nSPS) is 7.85. The van der Waals surface area contributed by atoms with E-state index in [-0.39, 0.29) is 21.1 Å². The van der Waals surface area contributed by atoms with E-state index in [1.54, 1.807) is 0 Å². The standard InChI is InChI=1S/2C4H9.C3H7N.Pt/c2*1-4(2)3;1-2-3-4;/h2*1-3H3;4H,1-3H2;/q2*-1;-2;+4. The molecule has 0 atom stereocenters. The summed E-state index contributed by atoms with van der Waals surface area (Å²) in [6.45, 7) is 16.4. The van der Waals surface area contributed by atoms with Crippen LogP contribution in [0.2, 0.25) is 0 Å². The molecule has 0 aliphatic carbocycles. The zero-order chi connectivity index (χ0) is 10.6. The van der Waals surface area contributed by atoms with E-state index >= 15 is 0 Å². The molecule has 13 heavy (non-hydrogen) atoms. The van der Waals surface area contributed by atoms with Crippen LogP contribution in [0.15, 0.2) is 0 Å². The van der Waals surface area contributed by atoms with Gasteiger partial charge in [0.2, 0.25) is 0 Å². The Balaban J connectivity index is -0.0000000450. The van der Waals surface area contributed by atoms with Crippen molar-refractivity contribution in [1.29, 1.82) is 0 Å². The minimum absolute atomic E-state index is 0. The number of hydrogen-bond donors (Lipinski definition) is 0. The third kappa shape index (κ3) is 528. The van der Waals surface area contributed by atoms with Crippen molar-refractivity contribution in [2.45, 2.75) is 48.0 Å². The van der Waals surface area contributed by atoms with Gasteiger partial charge in [-0.25, -0.2) is 6.42 Å². The van der Waals surface area contributed by atoms with Crippen molar-refractivity contribution in [3.8, 4) is 0 Å². The first-order valence-corrected chi connectivity index (χ1v) is 4.35. The number of hydrogen-bond acceptors (Lipinski definition) is 0. The molecule has 0 aromatic rings. The first-order chi connectivity index (χ1) is 5.38. The van der Waals surface area contributed by atoms with E-state index < -0.39 is 0 Å². The summed E-state index contributed by atoms with van der Waals surface area (Å²) >= 11 is 0. The first kappa shape index (κ1) is 23.5. The third-order valence-electron chi connectivity index (χ3n) is 0.177. The van der Waals surface area contributed by atoms with Crippen molar-refractivity contribution in [3.05, 3.63) is 24.5 Å². The predicted octanol–water partition coefficient (Wildman–Crippen LogP) is 4.50. The quantitative estimate of drug-likeness (QED) is 0.610. The van der Waals surface area contributed by atoms with Gasteiger partial charge in [-0.15, -0.1) is 0 Å². The Labute approximate surface area is 100 Å². The van der Waals surface area contributed by atoms with E-state index in [9.17, 15) is 0 Å². The molecule has 0 spiro atoms. The summed E-state index contributed by atoms with van der Waals surface area (Å²) < 4.78 is 0. The van der Waals surface area contributed by atoms with Crippen LogP contribution in [0, 0.1) is 18.8 Å². The molecule has 0 rings (SSSR count). The van der Waals surface area contributed by atoms with E-state index in [1.807, 2.05) is 0 Å². The second-order valence-electron chi connectivity index (χ2n) is 3.60. The molecule has 84 valence electrons. The van der Waals surface area contributed by atoms with E-state index in [1.165, 1.54) is 11.8 Å². The van der Waals surface area contributed by atoms with Crippen molar-refractivity contribution in [3.63, 3.8) is 0 Å². The van der Waals surface area contributed by atoms with Gasteiger partial charge in [0.1, 0.15) is 0 Å². The largest absolute Gasteiger partial charge is 4.00 e. The van der Waals surface area contributed by atoms with Crippen molar-refractivity contribution >= 4 is 0 Å². The van der Waals surface area contributed by atoms with E-state index in [4.69, 9.17) is 5.73 Å². The van der Waals surface area contributed by atoms with Gasteiger partial charge in [0.05, 0.1) is 0 Å². The summed E-state index contributed by atoms with van der Waals surface area (Å²) in [6, 6.07) is 0. The number of rotatable bonds is 1. The maximum Gasteiger partial charge on any atom is 4.00 e. The fourth-order valence-electron chi connectivity index (χ4n) is 0. The van der Waals surface area contributed by atoms with Crippen LogP contribution in [-0.4, -0.2) is 6.54 Å². The van der Waals surface area contributed by atoms with Gasteiger partial charge in [-0.05, 0) is 0 Å². The van der Waals surface area contributed by atoms with Crippen LogP contribution >= 0.6 is 0 Å². The van der Waals surface area contributed by atoms with Crippen LogP contribution in [-0.2, 0) is 21.1 Å². The third-order valence-corrected chi connectivity index (χ3v) is 0.177. The maximum atomic E-state index is 6.39. The Morgan fingerprint density at radius 3 is 1.00 bits per heavy atom. The summed E-state index contributed by atoms with van der Waals surface area (Å²) in [7, 11) is 0. The molecule has 0 saturated heterocycles. The molecule has 0 aromatic carbocycles. The fraction of sp³-hybridized carbons (Fsp3) is 0.727. The Bertz CT molecular complexity index is 40.5. The van der Waals surface area contributed by atoms with Crippen LogP contribution in [0.3, 0.4) is 0 Å². The molecule has 0 aliphatic heterocycles. The second kappa shape index (κ2) is 22.9. The van der Waals surface area contributed by atoms with Gasteiger partial charge in [0.15, 0.2) is 0 Å². The molecule has 0 unspecified atom stereocenters.